The summed E-state index contributed by atoms with van der Waals surface area (Å²) in [4.78, 5) is 12.1. The molecule has 0 aliphatic rings. The Balaban J connectivity index is 1.85. The second-order valence-electron chi connectivity index (χ2n) is 5.66. The smallest absolute Gasteiger partial charge is 0.383 e. The van der Waals surface area contributed by atoms with Gasteiger partial charge in [-0.3, -0.25) is 0 Å². The van der Waals surface area contributed by atoms with E-state index < -0.39 is 17.6 Å². The molecule has 2 heterocycles. The number of fused-ring (bicyclic) bond motifs is 1. The second-order valence-corrected chi connectivity index (χ2v) is 5.66. The maximum atomic E-state index is 13.6. The molecule has 0 saturated heterocycles. The molecule has 1 aromatic carbocycles. The molecule has 0 amide bonds. The zero-order valence-electron chi connectivity index (χ0n) is 13.5. The zero-order chi connectivity index (χ0) is 19.1. The van der Waals surface area contributed by atoms with Crippen LogP contribution in [0.4, 0.5) is 35.1 Å². The molecule has 0 spiro atoms. The van der Waals surface area contributed by atoms with Crippen LogP contribution in [-0.2, 0) is 12.7 Å². The Morgan fingerprint density at radius 1 is 1.08 bits per heavy atom. The quantitative estimate of drug-likeness (QED) is 0.615. The summed E-state index contributed by atoms with van der Waals surface area (Å²) in [6.45, 7) is 1.85. The Labute approximate surface area is 145 Å². The van der Waals surface area contributed by atoms with Crippen molar-refractivity contribution in [2.24, 2.45) is 0 Å². The van der Waals surface area contributed by atoms with Crippen LogP contribution in [0.15, 0.2) is 24.3 Å². The van der Waals surface area contributed by atoms with Crippen molar-refractivity contribution in [2.75, 3.05) is 16.8 Å². The van der Waals surface area contributed by atoms with E-state index in [-0.39, 0.29) is 24.0 Å². The number of aryl methyl sites for hydroxylation is 1. The predicted octanol–water partition coefficient (Wildman–Crippen LogP) is 3.27. The molecule has 3 rings (SSSR count). The van der Waals surface area contributed by atoms with Crippen LogP contribution in [0, 0.1) is 12.7 Å². The third-order valence-corrected chi connectivity index (χ3v) is 3.72. The van der Waals surface area contributed by atoms with E-state index in [0.717, 1.165) is 11.6 Å². The van der Waals surface area contributed by atoms with E-state index in [4.69, 9.17) is 11.5 Å². The van der Waals surface area contributed by atoms with Crippen LogP contribution >= 0.6 is 0 Å². The number of halogens is 4. The van der Waals surface area contributed by atoms with Gasteiger partial charge < -0.3 is 16.8 Å². The van der Waals surface area contributed by atoms with Crippen LogP contribution in [0.5, 0.6) is 0 Å². The zero-order valence-corrected chi connectivity index (χ0v) is 13.5. The van der Waals surface area contributed by atoms with Crippen molar-refractivity contribution in [3.63, 3.8) is 0 Å². The lowest BCUT2D eigenvalue weighted by atomic mass is 10.1. The number of anilines is 3. The van der Waals surface area contributed by atoms with Crippen LogP contribution in [-0.4, -0.2) is 15.0 Å². The van der Waals surface area contributed by atoms with Gasteiger partial charge in [-0.1, -0.05) is 6.07 Å². The molecule has 0 bridgehead atoms. The average molecular weight is 366 g/mol. The molecule has 0 saturated carbocycles. The third-order valence-electron chi connectivity index (χ3n) is 3.72. The van der Waals surface area contributed by atoms with Crippen molar-refractivity contribution in [2.45, 2.75) is 19.6 Å². The molecule has 0 radical (unpaired) electrons. The summed E-state index contributed by atoms with van der Waals surface area (Å²) < 4.78 is 51.4. The minimum Gasteiger partial charge on any atom is -0.383 e. The number of pyridine rings is 1. The predicted molar refractivity (Wildman–Crippen MR) is 89.6 cm³/mol. The number of nitrogens with zero attached hydrogens (tertiary/aromatic N) is 3. The van der Waals surface area contributed by atoms with E-state index in [1.54, 1.807) is 13.0 Å². The first-order valence-corrected chi connectivity index (χ1v) is 7.45. The Morgan fingerprint density at radius 3 is 2.46 bits per heavy atom. The monoisotopic (exact) mass is 366 g/mol. The van der Waals surface area contributed by atoms with Gasteiger partial charge in [0.05, 0.1) is 10.9 Å². The molecule has 0 atom stereocenters. The van der Waals surface area contributed by atoms with Crippen molar-refractivity contribution in [3.05, 3.63) is 46.8 Å². The first-order valence-electron chi connectivity index (χ1n) is 7.45. The van der Waals surface area contributed by atoms with Crippen molar-refractivity contribution in [1.82, 2.24) is 15.0 Å². The summed E-state index contributed by atoms with van der Waals surface area (Å²) in [6, 6.07) is 4.42. The number of aromatic nitrogens is 3. The highest BCUT2D eigenvalue weighted by molar-refractivity contribution is 5.90. The molecule has 136 valence electrons. The average Bonchev–Trinajstić information content (AvgIpc) is 2.50. The fourth-order valence-electron chi connectivity index (χ4n) is 2.55. The van der Waals surface area contributed by atoms with Gasteiger partial charge in [0.15, 0.2) is 5.65 Å². The van der Waals surface area contributed by atoms with Crippen molar-refractivity contribution >= 4 is 28.6 Å². The standard InChI is InChI=1S/C16H14F4N6/c1-7-4-11(24-14-12(7)13(21)25-15(22)26-14)23-6-8-2-3-9(10(17)5-8)16(18,19)20/h2-5H,6H2,1H3,(H5,21,22,23,24,25,26). The number of rotatable bonds is 3. The van der Waals surface area contributed by atoms with Gasteiger partial charge in [0.25, 0.3) is 0 Å². The molecule has 0 aliphatic carbocycles. The van der Waals surface area contributed by atoms with Crippen molar-refractivity contribution < 1.29 is 17.6 Å². The summed E-state index contributed by atoms with van der Waals surface area (Å²) >= 11 is 0. The summed E-state index contributed by atoms with van der Waals surface area (Å²) in [5, 5.41) is 3.48. The fraction of sp³-hybridized carbons (Fsp3) is 0.188. The summed E-state index contributed by atoms with van der Waals surface area (Å²) in [5.74, 6) is -0.752. The normalized spacial score (nSPS) is 11.7. The summed E-state index contributed by atoms with van der Waals surface area (Å²) in [6.07, 6.45) is -4.73. The minimum absolute atomic E-state index is 0.0242. The largest absolute Gasteiger partial charge is 0.419 e. The number of nitrogens with one attached hydrogen (secondary N) is 1. The number of hydrogen-bond acceptors (Lipinski definition) is 6. The maximum Gasteiger partial charge on any atom is 0.419 e. The topological polar surface area (TPSA) is 103 Å². The van der Waals surface area contributed by atoms with Gasteiger partial charge in [-0.2, -0.15) is 23.1 Å². The van der Waals surface area contributed by atoms with Crippen LogP contribution < -0.4 is 16.8 Å². The lowest BCUT2D eigenvalue weighted by Crippen LogP contribution is -2.10. The van der Waals surface area contributed by atoms with Gasteiger partial charge in [-0.25, -0.2) is 9.37 Å². The molecule has 0 aliphatic heterocycles. The Kier molecular flexibility index (Phi) is 4.26. The van der Waals surface area contributed by atoms with Crippen LogP contribution in [0.2, 0.25) is 0 Å². The Morgan fingerprint density at radius 2 is 1.81 bits per heavy atom. The molecule has 0 unspecified atom stereocenters. The number of nitrogen functional groups attached to an aromatic ring is 2. The molecular formula is C16H14F4N6. The highest BCUT2D eigenvalue weighted by atomic mass is 19.4. The third kappa shape index (κ3) is 3.44. The Bertz CT molecular complexity index is 987. The molecular weight excluding hydrogens is 352 g/mol. The summed E-state index contributed by atoms with van der Waals surface area (Å²) in [5.41, 5.74) is 11.4. The molecule has 0 fully saturated rings. The molecule has 6 nitrogen and oxygen atoms in total. The lowest BCUT2D eigenvalue weighted by molar-refractivity contribution is -0.140. The molecule has 10 heteroatoms. The SMILES string of the molecule is Cc1cc(NCc2ccc(C(F)(F)F)c(F)c2)nc2nc(N)nc(N)c12. The number of alkyl halides is 3. The molecule has 3 aromatic rings. The van der Waals surface area contributed by atoms with Gasteiger partial charge in [-0.15, -0.1) is 0 Å². The lowest BCUT2D eigenvalue weighted by Gasteiger charge is -2.12. The summed E-state index contributed by atoms with van der Waals surface area (Å²) in [7, 11) is 0. The van der Waals surface area contributed by atoms with Crippen LogP contribution in [0.1, 0.15) is 16.7 Å². The highest BCUT2D eigenvalue weighted by Crippen LogP contribution is 2.31. The number of nitrogens with two attached hydrogens (primary N) is 2. The van der Waals surface area contributed by atoms with Crippen LogP contribution in [0.3, 0.4) is 0 Å². The molecule has 5 N–H and O–H groups in total. The second kappa shape index (κ2) is 6.28. The highest BCUT2D eigenvalue weighted by Gasteiger charge is 2.33. The molecule has 2 aromatic heterocycles. The minimum atomic E-state index is -4.73. The number of benzene rings is 1. The van der Waals surface area contributed by atoms with Crippen molar-refractivity contribution in [1.29, 1.82) is 0 Å². The van der Waals surface area contributed by atoms with E-state index >= 15 is 0 Å². The first-order chi connectivity index (χ1) is 12.1. The fourth-order valence-corrected chi connectivity index (χ4v) is 2.55. The van der Waals surface area contributed by atoms with E-state index in [1.165, 1.54) is 6.07 Å². The van der Waals surface area contributed by atoms with Crippen LogP contribution in [0.25, 0.3) is 11.0 Å². The van der Waals surface area contributed by atoms with Gasteiger partial charge in [0.1, 0.15) is 17.5 Å². The molecule has 26 heavy (non-hydrogen) atoms. The van der Waals surface area contributed by atoms with E-state index in [0.29, 0.717) is 22.8 Å². The first kappa shape index (κ1) is 17.6. The van der Waals surface area contributed by atoms with Gasteiger partial charge in [0.2, 0.25) is 5.95 Å². The maximum absolute atomic E-state index is 13.6. The number of hydrogen-bond donors (Lipinski definition) is 3. The van der Waals surface area contributed by atoms with Crippen molar-refractivity contribution in [3.8, 4) is 0 Å². The van der Waals surface area contributed by atoms with E-state index in [9.17, 15) is 17.6 Å². The Hall–Kier alpha value is -3.17. The van der Waals surface area contributed by atoms with E-state index in [1.807, 2.05) is 0 Å². The van der Waals surface area contributed by atoms with E-state index in [2.05, 4.69) is 20.3 Å². The van der Waals surface area contributed by atoms with Gasteiger partial charge >= 0.3 is 6.18 Å². The van der Waals surface area contributed by atoms with Gasteiger partial charge in [-0.05, 0) is 36.2 Å². The van der Waals surface area contributed by atoms with Gasteiger partial charge in [0, 0.05) is 6.54 Å².